The molecule has 106 valence electrons. The Balaban J connectivity index is 4.49. The monoisotopic (exact) mass is 256 g/mol. The molecule has 0 aromatic carbocycles. The molecule has 0 rings (SSSR count). The van der Waals surface area contributed by atoms with E-state index in [9.17, 15) is 0 Å². The van der Waals surface area contributed by atoms with E-state index < -0.39 is 0 Å². The summed E-state index contributed by atoms with van der Waals surface area (Å²) in [6, 6.07) is 0. The molecule has 0 aliphatic rings. The lowest BCUT2D eigenvalue weighted by Gasteiger charge is -2.23. The van der Waals surface area contributed by atoms with Gasteiger partial charge in [-0.2, -0.15) is 0 Å². The van der Waals surface area contributed by atoms with Gasteiger partial charge in [-0.25, -0.2) is 0 Å². The number of nitrogens with zero attached hydrogens (tertiary/aromatic N) is 6. The topological polar surface area (TPSA) is 37.7 Å². The summed E-state index contributed by atoms with van der Waals surface area (Å²) in [6.07, 6.45) is 0. The molecular formula is C12H28N6. The molecule has 6 heteroatoms. The van der Waals surface area contributed by atoms with Crippen LogP contribution in [0.2, 0.25) is 0 Å². The van der Waals surface area contributed by atoms with E-state index in [2.05, 4.69) is 9.98 Å². The lowest BCUT2D eigenvalue weighted by atomic mass is 10.6. The molecule has 0 unspecified atom stereocenters. The van der Waals surface area contributed by atoms with Crippen molar-refractivity contribution in [2.75, 3.05) is 69.5 Å². The third-order valence-electron chi connectivity index (χ3n) is 2.21. The molecular weight excluding hydrogens is 228 g/mol. The van der Waals surface area contributed by atoms with Crippen molar-refractivity contribution in [3.05, 3.63) is 0 Å². The van der Waals surface area contributed by atoms with Crippen LogP contribution in [-0.4, -0.2) is 101 Å². The van der Waals surface area contributed by atoms with E-state index in [0.717, 1.165) is 11.9 Å². The lowest BCUT2D eigenvalue weighted by molar-refractivity contribution is 0.475. The van der Waals surface area contributed by atoms with E-state index in [1.807, 2.05) is 76.0 Å². The predicted molar refractivity (Wildman–Crippen MR) is 79.4 cm³/mol. The largest absolute Gasteiger partial charge is 0.349 e. The molecule has 0 aromatic rings. The summed E-state index contributed by atoms with van der Waals surface area (Å²) in [4.78, 5) is 17.1. The van der Waals surface area contributed by atoms with E-state index in [4.69, 9.17) is 0 Å². The zero-order valence-electron chi connectivity index (χ0n) is 13.1. The minimum atomic E-state index is 0.691. The maximum atomic E-state index is 4.54. The van der Waals surface area contributed by atoms with Crippen molar-refractivity contribution in [3.63, 3.8) is 0 Å². The van der Waals surface area contributed by atoms with Gasteiger partial charge in [0.1, 0.15) is 0 Å². The molecule has 0 saturated carbocycles. The molecule has 0 aliphatic carbocycles. The fourth-order valence-electron chi connectivity index (χ4n) is 1.67. The summed E-state index contributed by atoms with van der Waals surface area (Å²) in [5.74, 6) is 1.92. The number of hydrogen-bond acceptors (Lipinski definition) is 2. The second-order valence-electron chi connectivity index (χ2n) is 4.94. The Morgan fingerprint density at radius 3 is 0.944 bits per heavy atom. The van der Waals surface area contributed by atoms with Gasteiger partial charge in [0.15, 0.2) is 11.9 Å². The van der Waals surface area contributed by atoms with Gasteiger partial charge in [-0.05, 0) is 0 Å². The van der Waals surface area contributed by atoms with Crippen LogP contribution < -0.4 is 0 Å². The van der Waals surface area contributed by atoms with Crippen LogP contribution in [0.25, 0.3) is 0 Å². The van der Waals surface area contributed by atoms with E-state index in [1.165, 1.54) is 0 Å². The van der Waals surface area contributed by atoms with Gasteiger partial charge < -0.3 is 19.6 Å². The van der Waals surface area contributed by atoms with Gasteiger partial charge in [0, 0.05) is 56.4 Å². The van der Waals surface area contributed by atoms with Crippen LogP contribution in [0.4, 0.5) is 0 Å². The Kier molecular flexibility index (Phi) is 7.16. The van der Waals surface area contributed by atoms with Gasteiger partial charge in [-0.1, -0.05) is 0 Å². The first-order chi connectivity index (χ1) is 8.27. The highest BCUT2D eigenvalue weighted by Gasteiger charge is 2.04. The average molecular weight is 256 g/mol. The predicted octanol–water partition coefficient (Wildman–Crippen LogP) is -0.0552. The van der Waals surface area contributed by atoms with E-state index >= 15 is 0 Å². The van der Waals surface area contributed by atoms with Crippen LogP contribution in [0.1, 0.15) is 0 Å². The maximum Gasteiger partial charge on any atom is 0.195 e. The molecule has 0 N–H and O–H groups in total. The van der Waals surface area contributed by atoms with Crippen LogP contribution in [0.3, 0.4) is 0 Å². The SMILES string of the molecule is CN(C)C(=NCCN=C(N(C)C)N(C)C)N(C)C. The molecule has 0 amide bonds. The molecule has 0 aliphatic heterocycles. The highest BCUT2D eigenvalue weighted by Crippen LogP contribution is 1.92. The summed E-state index contributed by atoms with van der Waals surface area (Å²) in [5, 5.41) is 0. The molecule has 6 nitrogen and oxygen atoms in total. The summed E-state index contributed by atoms with van der Waals surface area (Å²) in [6.45, 7) is 1.38. The van der Waals surface area contributed by atoms with Crippen molar-refractivity contribution >= 4 is 11.9 Å². The minimum absolute atomic E-state index is 0.691. The average Bonchev–Trinajstić information content (AvgIpc) is 2.20. The fraction of sp³-hybridized carbons (Fsp3) is 0.833. The highest BCUT2D eigenvalue weighted by molar-refractivity contribution is 5.80. The van der Waals surface area contributed by atoms with Crippen molar-refractivity contribution in [1.29, 1.82) is 0 Å². The molecule has 0 atom stereocenters. The summed E-state index contributed by atoms with van der Waals surface area (Å²) < 4.78 is 0. The zero-order chi connectivity index (χ0) is 14.3. The van der Waals surface area contributed by atoms with Crippen molar-refractivity contribution in [1.82, 2.24) is 19.6 Å². The number of rotatable bonds is 3. The maximum absolute atomic E-state index is 4.54. The van der Waals surface area contributed by atoms with Crippen molar-refractivity contribution in [3.8, 4) is 0 Å². The molecule has 0 radical (unpaired) electrons. The first kappa shape index (κ1) is 16.5. The Morgan fingerprint density at radius 1 is 0.556 bits per heavy atom. The second kappa shape index (κ2) is 7.79. The summed E-state index contributed by atoms with van der Waals surface area (Å²) >= 11 is 0. The molecule has 0 saturated heterocycles. The number of hydrogen-bond donors (Lipinski definition) is 0. The lowest BCUT2D eigenvalue weighted by Crippen LogP contribution is -2.36. The number of aliphatic imine (C=N–C) groups is 2. The molecule has 0 fully saturated rings. The minimum Gasteiger partial charge on any atom is -0.349 e. The molecule has 0 bridgehead atoms. The standard InChI is InChI=1S/C12H28N6/c1-15(2)11(16(3)4)13-9-10-14-12(17(5)6)18(7)8/h9-10H2,1-8H3. The van der Waals surface area contributed by atoms with Gasteiger partial charge >= 0.3 is 0 Å². The Morgan fingerprint density at radius 2 is 0.778 bits per heavy atom. The highest BCUT2D eigenvalue weighted by atomic mass is 15.3. The van der Waals surface area contributed by atoms with Crippen molar-refractivity contribution in [2.24, 2.45) is 9.98 Å². The van der Waals surface area contributed by atoms with Crippen LogP contribution in [0.5, 0.6) is 0 Å². The summed E-state index contributed by atoms with van der Waals surface area (Å²) in [7, 11) is 15.9. The number of guanidine groups is 2. The third-order valence-corrected chi connectivity index (χ3v) is 2.21. The first-order valence-electron chi connectivity index (χ1n) is 6.05. The molecule has 0 heterocycles. The van der Waals surface area contributed by atoms with Gasteiger partial charge in [0.2, 0.25) is 0 Å². The molecule has 0 aromatic heterocycles. The van der Waals surface area contributed by atoms with Crippen molar-refractivity contribution in [2.45, 2.75) is 0 Å². The normalized spacial score (nSPS) is 9.56. The first-order valence-corrected chi connectivity index (χ1v) is 6.05. The van der Waals surface area contributed by atoms with E-state index in [-0.39, 0.29) is 0 Å². The van der Waals surface area contributed by atoms with Gasteiger partial charge in [-0.15, -0.1) is 0 Å². The Hall–Kier alpha value is -1.46. The van der Waals surface area contributed by atoms with E-state index in [0.29, 0.717) is 13.1 Å². The second-order valence-corrected chi connectivity index (χ2v) is 4.94. The zero-order valence-corrected chi connectivity index (χ0v) is 13.1. The Bertz CT molecular complexity index is 241. The van der Waals surface area contributed by atoms with Crippen LogP contribution in [0.15, 0.2) is 9.98 Å². The van der Waals surface area contributed by atoms with Crippen molar-refractivity contribution < 1.29 is 0 Å². The van der Waals surface area contributed by atoms with Gasteiger partial charge in [0.05, 0.1) is 13.1 Å². The van der Waals surface area contributed by atoms with E-state index in [1.54, 1.807) is 0 Å². The van der Waals surface area contributed by atoms with Crippen LogP contribution in [0, 0.1) is 0 Å². The van der Waals surface area contributed by atoms with Crippen LogP contribution in [-0.2, 0) is 0 Å². The molecule has 0 spiro atoms. The van der Waals surface area contributed by atoms with Gasteiger partial charge in [0.25, 0.3) is 0 Å². The summed E-state index contributed by atoms with van der Waals surface area (Å²) in [5.41, 5.74) is 0. The van der Waals surface area contributed by atoms with Gasteiger partial charge in [-0.3, -0.25) is 9.98 Å². The molecule has 18 heavy (non-hydrogen) atoms. The quantitative estimate of drug-likeness (QED) is 0.403. The fourth-order valence-corrected chi connectivity index (χ4v) is 1.67. The Labute approximate surface area is 112 Å². The third kappa shape index (κ3) is 5.75. The smallest absolute Gasteiger partial charge is 0.195 e. The van der Waals surface area contributed by atoms with Crippen LogP contribution >= 0.6 is 0 Å².